The van der Waals surface area contributed by atoms with Gasteiger partial charge in [0.1, 0.15) is 25.0 Å². The zero-order valence-corrected chi connectivity index (χ0v) is 15.9. The van der Waals surface area contributed by atoms with Crippen LogP contribution in [-0.2, 0) is 19.1 Å². The molecule has 0 spiro atoms. The quantitative estimate of drug-likeness (QED) is 0.515. The Morgan fingerprint density at radius 1 is 1.07 bits per heavy atom. The normalized spacial score (nSPS) is 20.4. The summed E-state index contributed by atoms with van der Waals surface area (Å²) in [7, 11) is 0. The highest BCUT2D eigenvalue weighted by Crippen LogP contribution is 2.20. The SMILES string of the molecule is O=C(CC1C(=O)NCCN1C(=O)C1CCNCC1)OCCOc1ccccc1. The molecular weight excluding hydrogens is 362 g/mol. The predicted molar refractivity (Wildman–Crippen MR) is 102 cm³/mol. The Balaban J connectivity index is 1.48. The zero-order chi connectivity index (χ0) is 19.8. The van der Waals surface area contributed by atoms with Gasteiger partial charge in [-0.1, -0.05) is 18.2 Å². The average molecular weight is 389 g/mol. The fourth-order valence-electron chi connectivity index (χ4n) is 3.53. The van der Waals surface area contributed by atoms with Crippen LogP contribution in [0.3, 0.4) is 0 Å². The Morgan fingerprint density at radius 2 is 1.82 bits per heavy atom. The number of amides is 2. The summed E-state index contributed by atoms with van der Waals surface area (Å²) in [6.45, 7) is 2.74. The first kappa shape index (κ1) is 20.1. The molecule has 2 aliphatic rings. The molecule has 0 radical (unpaired) electrons. The van der Waals surface area contributed by atoms with Crippen molar-refractivity contribution in [1.82, 2.24) is 15.5 Å². The smallest absolute Gasteiger partial charge is 0.308 e. The number of nitrogens with one attached hydrogen (secondary N) is 2. The molecule has 152 valence electrons. The molecule has 2 amide bonds. The molecular formula is C20H27N3O5. The van der Waals surface area contributed by atoms with E-state index in [1.165, 1.54) is 0 Å². The van der Waals surface area contributed by atoms with Gasteiger partial charge >= 0.3 is 5.97 Å². The van der Waals surface area contributed by atoms with Crippen LogP contribution in [0, 0.1) is 5.92 Å². The lowest BCUT2D eigenvalue weighted by Crippen LogP contribution is -2.59. The van der Waals surface area contributed by atoms with Crippen LogP contribution < -0.4 is 15.4 Å². The van der Waals surface area contributed by atoms with E-state index in [0.29, 0.717) is 18.8 Å². The first-order chi connectivity index (χ1) is 13.6. The molecule has 0 aromatic heterocycles. The van der Waals surface area contributed by atoms with E-state index in [0.717, 1.165) is 25.9 Å². The number of ether oxygens (including phenoxy) is 2. The lowest BCUT2D eigenvalue weighted by Gasteiger charge is -2.37. The molecule has 3 rings (SSSR count). The third-order valence-corrected chi connectivity index (χ3v) is 5.02. The molecule has 28 heavy (non-hydrogen) atoms. The molecule has 2 fully saturated rings. The van der Waals surface area contributed by atoms with Gasteiger partial charge in [-0.3, -0.25) is 14.4 Å². The average Bonchev–Trinajstić information content (AvgIpc) is 2.73. The number of rotatable bonds is 7. The van der Waals surface area contributed by atoms with Gasteiger partial charge in [0.25, 0.3) is 0 Å². The van der Waals surface area contributed by atoms with E-state index in [9.17, 15) is 14.4 Å². The Labute approximate surface area is 164 Å². The number of piperazine rings is 1. The van der Waals surface area contributed by atoms with Gasteiger partial charge < -0.3 is 25.0 Å². The van der Waals surface area contributed by atoms with E-state index in [-0.39, 0.29) is 37.4 Å². The van der Waals surface area contributed by atoms with Crippen LogP contribution in [0.5, 0.6) is 5.75 Å². The van der Waals surface area contributed by atoms with Crippen LogP contribution in [0.4, 0.5) is 0 Å². The standard InChI is InChI=1S/C20H27N3O5/c24-18(28-13-12-27-16-4-2-1-3-5-16)14-17-19(25)22-10-11-23(17)20(26)15-6-8-21-9-7-15/h1-5,15,17,21H,6-14H2,(H,22,25). The second-order valence-corrected chi connectivity index (χ2v) is 6.95. The number of nitrogens with zero attached hydrogens (tertiary/aromatic N) is 1. The van der Waals surface area contributed by atoms with E-state index in [1.807, 2.05) is 30.3 Å². The third-order valence-electron chi connectivity index (χ3n) is 5.02. The molecule has 2 aliphatic heterocycles. The summed E-state index contributed by atoms with van der Waals surface area (Å²) in [5, 5.41) is 5.97. The van der Waals surface area contributed by atoms with Gasteiger partial charge in [0.2, 0.25) is 11.8 Å². The van der Waals surface area contributed by atoms with Crippen molar-refractivity contribution < 1.29 is 23.9 Å². The van der Waals surface area contributed by atoms with E-state index >= 15 is 0 Å². The lowest BCUT2D eigenvalue weighted by atomic mass is 9.95. The van der Waals surface area contributed by atoms with Crippen molar-refractivity contribution in [3.8, 4) is 5.75 Å². The minimum atomic E-state index is -0.807. The molecule has 0 bridgehead atoms. The number of hydrogen-bond donors (Lipinski definition) is 2. The monoisotopic (exact) mass is 389 g/mol. The summed E-state index contributed by atoms with van der Waals surface area (Å²) in [5.74, 6) is -0.247. The van der Waals surface area contributed by atoms with Crippen molar-refractivity contribution in [2.24, 2.45) is 5.92 Å². The fraction of sp³-hybridized carbons (Fsp3) is 0.550. The summed E-state index contributed by atoms with van der Waals surface area (Å²) >= 11 is 0. The van der Waals surface area contributed by atoms with Crippen LogP contribution in [0.1, 0.15) is 19.3 Å². The Hall–Kier alpha value is -2.61. The van der Waals surface area contributed by atoms with Crippen LogP contribution >= 0.6 is 0 Å². The maximum atomic E-state index is 12.9. The second-order valence-electron chi connectivity index (χ2n) is 6.95. The highest BCUT2D eigenvalue weighted by molar-refractivity contribution is 5.92. The van der Waals surface area contributed by atoms with Crippen molar-refractivity contribution in [1.29, 1.82) is 0 Å². The summed E-state index contributed by atoms with van der Waals surface area (Å²) in [6.07, 6.45) is 1.36. The number of carbonyl (C=O) groups is 3. The Kier molecular flexibility index (Phi) is 7.25. The molecule has 0 saturated carbocycles. The molecule has 8 nitrogen and oxygen atoms in total. The molecule has 2 heterocycles. The van der Waals surface area contributed by atoms with Crippen LogP contribution in [0.2, 0.25) is 0 Å². The van der Waals surface area contributed by atoms with Crippen molar-refractivity contribution in [2.75, 3.05) is 39.4 Å². The minimum Gasteiger partial charge on any atom is -0.490 e. The Bertz CT molecular complexity index is 676. The fourth-order valence-corrected chi connectivity index (χ4v) is 3.53. The van der Waals surface area contributed by atoms with Gasteiger partial charge in [0, 0.05) is 19.0 Å². The van der Waals surface area contributed by atoms with Gasteiger partial charge in [-0.25, -0.2) is 0 Å². The minimum absolute atomic E-state index is 0.0402. The third kappa shape index (κ3) is 5.45. The maximum absolute atomic E-state index is 12.9. The maximum Gasteiger partial charge on any atom is 0.308 e. The number of piperidine rings is 1. The van der Waals surface area contributed by atoms with Gasteiger partial charge in [0.05, 0.1) is 6.42 Å². The Morgan fingerprint density at radius 3 is 2.57 bits per heavy atom. The molecule has 1 unspecified atom stereocenters. The molecule has 0 aliphatic carbocycles. The predicted octanol–water partition coefficient (Wildman–Crippen LogP) is 0.325. The summed E-state index contributed by atoms with van der Waals surface area (Å²) in [6, 6.07) is 8.43. The van der Waals surface area contributed by atoms with Crippen molar-refractivity contribution in [2.45, 2.75) is 25.3 Å². The van der Waals surface area contributed by atoms with Crippen LogP contribution in [0.25, 0.3) is 0 Å². The van der Waals surface area contributed by atoms with E-state index in [2.05, 4.69) is 10.6 Å². The van der Waals surface area contributed by atoms with Gasteiger partial charge in [0.15, 0.2) is 0 Å². The largest absolute Gasteiger partial charge is 0.490 e. The van der Waals surface area contributed by atoms with E-state index in [4.69, 9.17) is 9.47 Å². The van der Waals surface area contributed by atoms with E-state index < -0.39 is 12.0 Å². The number of benzene rings is 1. The van der Waals surface area contributed by atoms with Crippen molar-refractivity contribution in [3.63, 3.8) is 0 Å². The highest BCUT2D eigenvalue weighted by Gasteiger charge is 2.37. The first-order valence-corrected chi connectivity index (χ1v) is 9.77. The van der Waals surface area contributed by atoms with Gasteiger partial charge in [-0.05, 0) is 38.1 Å². The molecule has 1 atom stereocenters. The number of esters is 1. The summed E-state index contributed by atoms with van der Waals surface area (Å²) < 4.78 is 10.7. The van der Waals surface area contributed by atoms with E-state index in [1.54, 1.807) is 4.90 Å². The van der Waals surface area contributed by atoms with Gasteiger partial charge in [-0.2, -0.15) is 0 Å². The number of hydrogen-bond acceptors (Lipinski definition) is 6. The molecule has 1 aromatic rings. The number of carbonyl (C=O) groups excluding carboxylic acids is 3. The molecule has 2 N–H and O–H groups in total. The molecule has 1 aromatic carbocycles. The second kappa shape index (κ2) is 10.1. The van der Waals surface area contributed by atoms with Crippen LogP contribution in [-0.4, -0.2) is 68.1 Å². The topological polar surface area (TPSA) is 97.0 Å². The summed E-state index contributed by atoms with van der Waals surface area (Å²) in [4.78, 5) is 38.9. The van der Waals surface area contributed by atoms with Gasteiger partial charge in [-0.15, -0.1) is 0 Å². The molecule has 2 saturated heterocycles. The van der Waals surface area contributed by atoms with Crippen molar-refractivity contribution in [3.05, 3.63) is 30.3 Å². The summed E-state index contributed by atoms with van der Waals surface area (Å²) in [5.41, 5.74) is 0. The first-order valence-electron chi connectivity index (χ1n) is 9.77. The molecule has 8 heteroatoms. The van der Waals surface area contributed by atoms with Crippen molar-refractivity contribution >= 4 is 17.8 Å². The zero-order valence-electron chi connectivity index (χ0n) is 15.9. The highest BCUT2D eigenvalue weighted by atomic mass is 16.6. The number of para-hydroxylation sites is 1. The lowest BCUT2D eigenvalue weighted by molar-refractivity contribution is -0.153. The van der Waals surface area contributed by atoms with Crippen LogP contribution in [0.15, 0.2) is 30.3 Å².